The molecule has 0 aliphatic heterocycles. The molecule has 0 spiro atoms. The van der Waals surface area contributed by atoms with Crippen LogP contribution >= 0.6 is 0 Å². The Morgan fingerprint density at radius 2 is 1.61 bits per heavy atom. The summed E-state index contributed by atoms with van der Waals surface area (Å²) in [4.78, 5) is 23.6. The molecular weight excluding hydrogens is 288 g/mol. The van der Waals surface area contributed by atoms with E-state index in [1.807, 2.05) is 19.1 Å². The second kappa shape index (κ2) is 5.95. The molecular formula is C17H22N6. The molecule has 3 rings (SSSR count). The smallest absolute Gasteiger partial charge is 0.163 e. The highest BCUT2D eigenvalue weighted by Crippen LogP contribution is 2.28. The molecule has 0 saturated carbocycles. The minimum atomic E-state index is 0.327. The number of hydrogen-bond donors (Lipinski definition) is 1. The third-order valence-corrected chi connectivity index (χ3v) is 3.75. The van der Waals surface area contributed by atoms with Gasteiger partial charge in [-0.25, -0.2) is 15.0 Å². The number of imidazole rings is 1. The fourth-order valence-corrected chi connectivity index (χ4v) is 2.91. The number of anilines is 1. The van der Waals surface area contributed by atoms with Crippen LogP contribution in [0.3, 0.4) is 0 Å². The Hall–Kier alpha value is -2.50. The molecule has 0 saturated heterocycles. The zero-order chi connectivity index (χ0) is 16.6. The molecule has 6 heteroatoms. The lowest BCUT2D eigenvalue weighted by Gasteiger charge is -2.32. The summed E-state index contributed by atoms with van der Waals surface area (Å²) >= 11 is 0. The van der Waals surface area contributed by atoms with Crippen LogP contribution in [0.4, 0.5) is 5.82 Å². The molecule has 0 amide bonds. The first-order valence-corrected chi connectivity index (χ1v) is 7.90. The lowest BCUT2D eigenvalue weighted by molar-refractivity contribution is 0.601. The van der Waals surface area contributed by atoms with Crippen molar-refractivity contribution in [2.24, 2.45) is 0 Å². The van der Waals surface area contributed by atoms with E-state index in [0.717, 1.165) is 34.2 Å². The molecule has 0 unspecified atom stereocenters. The summed E-state index contributed by atoms with van der Waals surface area (Å²) < 4.78 is 0. The monoisotopic (exact) mass is 310 g/mol. The predicted molar refractivity (Wildman–Crippen MR) is 92.4 cm³/mol. The normalized spacial score (nSPS) is 11.6. The molecule has 3 heterocycles. The number of rotatable bonds is 4. The largest absolute Gasteiger partial charge is 0.350 e. The standard InChI is InChI=1S/C17H22N6/c1-10(2)23(11(3)4)17-14-16(19-12(5)20-17)22-15(21-14)13-6-8-18-9-7-13/h6-11H,1-5H3,(H,19,20,21,22). The van der Waals surface area contributed by atoms with Gasteiger partial charge in [-0.1, -0.05) is 0 Å². The molecule has 0 aliphatic carbocycles. The van der Waals surface area contributed by atoms with Gasteiger partial charge in [-0.05, 0) is 46.8 Å². The van der Waals surface area contributed by atoms with Gasteiger partial charge in [0.1, 0.15) is 11.6 Å². The molecule has 3 aromatic heterocycles. The number of aromatic nitrogens is 5. The van der Waals surface area contributed by atoms with E-state index in [4.69, 9.17) is 4.98 Å². The molecule has 3 aromatic rings. The Labute approximate surface area is 136 Å². The molecule has 120 valence electrons. The van der Waals surface area contributed by atoms with Crippen LogP contribution in [-0.2, 0) is 0 Å². The van der Waals surface area contributed by atoms with Gasteiger partial charge >= 0.3 is 0 Å². The van der Waals surface area contributed by atoms with Crippen molar-refractivity contribution in [3.05, 3.63) is 30.4 Å². The maximum atomic E-state index is 4.76. The van der Waals surface area contributed by atoms with Crippen molar-refractivity contribution < 1.29 is 0 Å². The maximum absolute atomic E-state index is 4.76. The summed E-state index contributed by atoms with van der Waals surface area (Å²) in [6.45, 7) is 10.6. The summed E-state index contributed by atoms with van der Waals surface area (Å²) in [5, 5.41) is 0. The van der Waals surface area contributed by atoms with Gasteiger partial charge in [-0.2, -0.15) is 0 Å². The highest BCUT2D eigenvalue weighted by Gasteiger charge is 2.22. The number of pyridine rings is 1. The lowest BCUT2D eigenvalue weighted by Crippen LogP contribution is -2.38. The summed E-state index contributed by atoms with van der Waals surface area (Å²) in [6.07, 6.45) is 3.52. The lowest BCUT2D eigenvalue weighted by atomic mass is 10.2. The second-order valence-corrected chi connectivity index (χ2v) is 6.21. The second-order valence-electron chi connectivity index (χ2n) is 6.21. The molecule has 0 bridgehead atoms. The number of nitrogens with zero attached hydrogens (tertiary/aromatic N) is 5. The molecule has 0 aromatic carbocycles. The SMILES string of the molecule is Cc1nc(N(C(C)C)C(C)C)c2nc(-c3ccncc3)[nH]c2n1. The molecule has 23 heavy (non-hydrogen) atoms. The summed E-state index contributed by atoms with van der Waals surface area (Å²) in [7, 11) is 0. The van der Waals surface area contributed by atoms with Crippen molar-refractivity contribution in [1.29, 1.82) is 0 Å². The highest BCUT2D eigenvalue weighted by molar-refractivity contribution is 5.86. The summed E-state index contributed by atoms with van der Waals surface area (Å²) in [5.74, 6) is 2.41. The number of H-pyrrole nitrogens is 1. The minimum Gasteiger partial charge on any atom is -0.350 e. The van der Waals surface area contributed by atoms with Gasteiger partial charge in [-0.3, -0.25) is 4.98 Å². The van der Waals surface area contributed by atoms with Crippen LogP contribution < -0.4 is 4.90 Å². The van der Waals surface area contributed by atoms with Crippen LogP contribution in [-0.4, -0.2) is 37.0 Å². The first-order valence-electron chi connectivity index (χ1n) is 7.90. The Morgan fingerprint density at radius 1 is 0.957 bits per heavy atom. The van der Waals surface area contributed by atoms with Gasteiger partial charge in [0.2, 0.25) is 0 Å². The zero-order valence-electron chi connectivity index (χ0n) is 14.2. The third-order valence-electron chi connectivity index (χ3n) is 3.75. The molecule has 0 fully saturated rings. The van der Waals surface area contributed by atoms with Crippen molar-refractivity contribution in [3.8, 4) is 11.4 Å². The van der Waals surface area contributed by atoms with Gasteiger partial charge in [0.15, 0.2) is 17.0 Å². The van der Waals surface area contributed by atoms with Crippen LogP contribution in [0.15, 0.2) is 24.5 Å². The zero-order valence-corrected chi connectivity index (χ0v) is 14.2. The first kappa shape index (κ1) is 15.4. The Balaban J connectivity index is 2.20. The van der Waals surface area contributed by atoms with E-state index < -0.39 is 0 Å². The average Bonchev–Trinajstić information content (AvgIpc) is 2.91. The third kappa shape index (κ3) is 2.88. The quantitative estimate of drug-likeness (QED) is 0.800. The van der Waals surface area contributed by atoms with E-state index in [9.17, 15) is 0 Å². The number of hydrogen-bond acceptors (Lipinski definition) is 5. The van der Waals surface area contributed by atoms with E-state index in [2.05, 4.69) is 52.5 Å². The number of aryl methyl sites for hydroxylation is 1. The highest BCUT2D eigenvalue weighted by atomic mass is 15.3. The van der Waals surface area contributed by atoms with E-state index in [1.54, 1.807) is 12.4 Å². The van der Waals surface area contributed by atoms with Crippen LogP contribution in [0.5, 0.6) is 0 Å². The topological polar surface area (TPSA) is 70.6 Å². The van der Waals surface area contributed by atoms with Crippen LogP contribution in [0.1, 0.15) is 33.5 Å². The van der Waals surface area contributed by atoms with Gasteiger partial charge in [0.05, 0.1) is 0 Å². The fourth-order valence-electron chi connectivity index (χ4n) is 2.91. The number of fused-ring (bicyclic) bond motifs is 1. The van der Waals surface area contributed by atoms with Crippen LogP contribution in [0.25, 0.3) is 22.6 Å². The molecule has 0 aliphatic rings. The van der Waals surface area contributed by atoms with Crippen molar-refractivity contribution in [2.45, 2.75) is 46.7 Å². The average molecular weight is 310 g/mol. The van der Waals surface area contributed by atoms with E-state index in [0.29, 0.717) is 12.1 Å². The van der Waals surface area contributed by atoms with Crippen LogP contribution in [0, 0.1) is 6.92 Å². The predicted octanol–water partition coefficient (Wildman–Crippen LogP) is 3.35. The Bertz CT molecular complexity index is 799. The Kier molecular flexibility index (Phi) is 3.98. The van der Waals surface area contributed by atoms with Crippen molar-refractivity contribution in [2.75, 3.05) is 4.90 Å². The minimum absolute atomic E-state index is 0.327. The van der Waals surface area contributed by atoms with E-state index in [-0.39, 0.29) is 0 Å². The van der Waals surface area contributed by atoms with Gasteiger partial charge in [0.25, 0.3) is 0 Å². The van der Waals surface area contributed by atoms with Crippen LogP contribution in [0.2, 0.25) is 0 Å². The molecule has 0 radical (unpaired) electrons. The molecule has 6 nitrogen and oxygen atoms in total. The fraction of sp³-hybridized carbons (Fsp3) is 0.412. The van der Waals surface area contributed by atoms with Gasteiger partial charge in [0, 0.05) is 30.0 Å². The van der Waals surface area contributed by atoms with Crippen molar-refractivity contribution >= 4 is 17.0 Å². The molecule has 1 N–H and O–H groups in total. The van der Waals surface area contributed by atoms with E-state index in [1.165, 1.54) is 0 Å². The summed E-state index contributed by atoms with van der Waals surface area (Å²) in [6, 6.07) is 4.52. The van der Waals surface area contributed by atoms with Gasteiger partial charge in [-0.15, -0.1) is 0 Å². The Morgan fingerprint density at radius 3 is 2.22 bits per heavy atom. The van der Waals surface area contributed by atoms with E-state index >= 15 is 0 Å². The first-order chi connectivity index (χ1) is 11.0. The maximum Gasteiger partial charge on any atom is 0.163 e. The number of nitrogens with one attached hydrogen (secondary N) is 1. The summed E-state index contributed by atoms with van der Waals surface area (Å²) in [5.41, 5.74) is 2.57. The van der Waals surface area contributed by atoms with Gasteiger partial charge < -0.3 is 9.88 Å². The van der Waals surface area contributed by atoms with Crippen molar-refractivity contribution in [1.82, 2.24) is 24.9 Å². The number of aromatic amines is 1. The molecule has 0 atom stereocenters. The van der Waals surface area contributed by atoms with Crippen molar-refractivity contribution in [3.63, 3.8) is 0 Å².